The maximum absolute atomic E-state index is 12.3. The Morgan fingerprint density at radius 2 is 1.62 bits per heavy atom. The number of carboxylic acids is 1. The molecule has 0 aliphatic carbocycles. The highest BCUT2D eigenvalue weighted by Crippen LogP contribution is 2.07. The average molecular weight is 301 g/mol. The second-order valence-corrected chi connectivity index (χ2v) is 6.61. The molecule has 21 heavy (non-hydrogen) atoms. The lowest BCUT2D eigenvalue weighted by Crippen LogP contribution is -2.50. The normalized spacial score (nSPS) is 12.8. The Morgan fingerprint density at radius 3 is 2.00 bits per heavy atom. The van der Waals surface area contributed by atoms with E-state index in [0.29, 0.717) is 25.4 Å². The van der Waals surface area contributed by atoms with Crippen molar-refractivity contribution < 1.29 is 14.7 Å². The summed E-state index contributed by atoms with van der Waals surface area (Å²) in [5.41, 5.74) is 0. The van der Waals surface area contributed by atoms with E-state index in [0.717, 1.165) is 6.54 Å². The summed E-state index contributed by atoms with van der Waals surface area (Å²) in [5, 5.41) is 11.9. The number of carbonyl (C=O) groups excluding carboxylic acids is 1. The van der Waals surface area contributed by atoms with Crippen LogP contribution in [0.1, 0.15) is 34.1 Å². The smallest absolute Gasteiger partial charge is 0.326 e. The Balaban J connectivity index is 4.71. The molecular formula is C15H31N3O3. The lowest BCUT2D eigenvalue weighted by Gasteiger charge is -2.28. The van der Waals surface area contributed by atoms with Gasteiger partial charge < -0.3 is 20.2 Å². The number of nitrogens with zero attached hydrogens (tertiary/aromatic N) is 2. The molecule has 0 aliphatic rings. The fourth-order valence-corrected chi connectivity index (χ4v) is 1.97. The summed E-state index contributed by atoms with van der Waals surface area (Å²) in [7, 11) is 3.90. The van der Waals surface area contributed by atoms with Crippen molar-refractivity contribution in [3.63, 3.8) is 0 Å². The van der Waals surface area contributed by atoms with Crippen LogP contribution in [0.2, 0.25) is 0 Å². The third kappa shape index (κ3) is 9.28. The molecule has 0 aromatic carbocycles. The van der Waals surface area contributed by atoms with Crippen molar-refractivity contribution in [2.24, 2.45) is 11.8 Å². The zero-order valence-electron chi connectivity index (χ0n) is 14.2. The summed E-state index contributed by atoms with van der Waals surface area (Å²) in [6.07, 6.45) is 0.435. The minimum atomic E-state index is -0.978. The molecule has 0 aromatic heterocycles. The van der Waals surface area contributed by atoms with Crippen molar-refractivity contribution in [2.75, 3.05) is 33.7 Å². The van der Waals surface area contributed by atoms with Crippen LogP contribution in [-0.2, 0) is 4.79 Å². The second kappa shape index (κ2) is 9.60. The van der Waals surface area contributed by atoms with E-state index in [2.05, 4.69) is 5.32 Å². The van der Waals surface area contributed by atoms with Gasteiger partial charge in [0.1, 0.15) is 6.04 Å². The van der Waals surface area contributed by atoms with E-state index in [1.54, 1.807) is 4.90 Å². The van der Waals surface area contributed by atoms with Crippen LogP contribution in [0.3, 0.4) is 0 Å². The monoisotopic (exact) mass is 301 g/mol. The summed E-state index contributed by atoms with van der Waals surface area (Å²) in [4.78, 5) is 27.3. The lowest BCUT2D eigenvalue weighted by molar-refractivity contribution is -0.139. The molecule has 2 amide bonds. The molecule has 0 saturated heterocycles. The molecule has 0 aromatic rings. The maximum atomic E-state index is 12.3. The first-order chi connectivity index (χ1) is 9.63. The van der Waals surface area contributed by atoms with E-state index in [9.17, 15) is 14.7 Å². The molecule has 0 heterocycles. The van der Waals surface area contributed by atoms with Gasteiger partial charge in [0.15, 0.2) is 0 Å². The van der Waals surface area contributed by atoms with E-state index in [1.165, 1.54) is 0 Å². The van der Waals surface area contributed by atoms with Crippen LogP contribution in [0.25, 0.3) is 0 Å². The molecule has 2 N–H and O–H groups in total. The first-order valence-electron chi connectivity index (χ1n) is 7.56. The topological polar surface area (TPSA) is 72.9 Å². The molecule has 1 atom stereocenters. The number of carbonyl (C=O) groups is 2. The predicted octanol–water partition coefficient (Wildman–Crippen LogP) is 1.71. The zero-order valence-corrected chi connectivity index (χ0v) is 14.2. The van der Waals surface area contributed by atoms with Crippen LogP contribution in [-0.4, -0.2) is 66.7 Å². The number of hydrogen-bond acceptors (Lipinski definition) is 3. The fraction of sp³-hybridized carbons (Fsp3) is 0.867. The molecular weight excluding hydrogens is 270 g/mol. The number of urea groups is 1. The van der Waals surface area contributed by atoms with Crippen molar-refractivity contribution in [1.82, 2.24) is 15.1 Å². The molecule has 0 aliphatic heterocycles. The number of rotatable bonds is 9. The van der Waals surface area contributed by atoms with Crippen molar-refractivity contribution in [2.45, 2.75) is 40.2 Å². The van der Waals surface area contributed by atoms with Gasteiger partial charge in [0.05, 0.1) is 0 Å². The molecule has 0 radical (unpaired) electrons. The average Bonchev–Trinajstić information content (AvgIpc) is 2.32. The number of hydrogen-bond donors (Lipinski definition) is 2. The summed E-state index contributed by atoms with van der Waals surface area (Å²) >= 11 is 0. The molecule has 0 unspecified atom stereocenters. The van der Waals surface area contributed by atoms with E-state index in [-0.39, 0.29) is 11.9 Å². The van der Waals surface area contributed by atoms with Crippen LogP contribution in [0.5, 0.6) is 0 Å². The van der Waals surface area contributed by atoms with Crippen LogP contribution in [0.4, 0.5) is 4.79 Å². The van der Waals surface area contributed by atoms with Crippen LogP contribution < -0.4 is 5.32 Å². The summed E-state index contributed by atoms with van der Waals surface area (Å²) < 4.78 is 0. The molecule has 0 saturated carbocycles. The number of aliphatic carboxylic acids is 1. The van der Waals surface area contributed by atoms with E-state index >= 15 is 0 Å². The van der Waals surface area contributed by atoms with Gasteiger partial charge in [-0.1, -0.05) is 27.7 Å². The Morgan fingerprint density at radius 1 is 1.05 bits per heavy atom. The summed E-state index contributed by atoms with van der Waals surface area (Å²) in [6.45, 7) is 9.93. The SMILES string of the molecule is CC(C)C[C@@H](NC(=O)N(CCN(C)C)CC(C)C)C(=O)O. The standard InChI is InChI=1S/C15H31N3O3/c1-11(2)9-13(14(19)20)16-15(21)18(10-12(3)4)8-7-17(5)6/h11-13H,7-10H2,1-6H3,(H,16,21)(H,19,20)/t13-/m1/s1. The van der Waals surface area contributed by atoms with E-state index < -0.39 is 12.0 Å². The molecule has 0 bridgehead atoms. The van der Waals surface area contributed by atoms with Crippen LogP contribution in [0, 0.1) is 11.8 Å². The highest BCUT2D eigenvalue weighted by Gasteiger charge is 2.24. The minimum absolute atomic E-state index is 0.215. The Labute approximate surface area is 128 Å². The van der Waals surface area contributed by atoms with Gasteiger partial charge in [-0.05, 0) is 32.4 Å². The molecule has 0 rings (SSSR count). The Bertz CT molecular complexity index is 330. The molecule has 0 spiro atoms. The van der Waals surface area contributed by atoms with Crippen molar-refractivity contribution in [3.8, 4) is 0 Å². The van der Waals surface area contributed by atoms with Crippen molar-refractivity contribution in [3.05, 3.63) is 0 Å². The van der Waals surface area contributed by atoms with E-state index in [1.807, 2.05) is 46.7 Å². The van der Waals surface area contributed by atoms with Gasteiger partial charge in [-0.25, -0.2) is 9.59 Å². The predicted molar refractivity (Wildman–Crippen MR) is 84.4 cm³/mol. The molecule has 6 heteroatoms. The zero-order chi connectivity index (χ0) is 16.6. The van der Waals surface area contributed by atoms with Gasteiger partial charge >= 0.3 is 12.0 Å². The van der Waals surface area contributed by atoms with Gasteiger partial charge in [-0.3, -0.25) is 0 Å². The third-order valence-electron chi connectivity index (χ3n) is 2.99. The van der Waals surface area contributed by atoms with Crippen LogP contribution >= 0.6 is 0 Å². The largest absolute Gasteiger partial charge is 0.480 e. The fourth-order valence-electron chi connectivity index (χ4n) is 1.97. The van der Waals surface area contributed by atoms with Crippen LogP contribution in [0.15, 0.2) is 0 Å². The van der Waals surface area contributed by atoms with Gasteiger partial charge in [0.2, 0.25) is 0 Å². The van der Waals surface area contributed by atoms with Gasteiger partial charge in [-0.2, -0.15) is 0 Å². The minimum Gasteiger partial charge on any atom is -0.480 e. The highest BCUT2D eigenvalue weighted by molar-refractivity contribution is 5.82. The van der Waals surface area contributed by atoms with Crippen molar-refractivity contribution >= 4 is 12.0 Å². The lowest BCUT2D eigenvalue weighted by atomic mass is 10.0. The molecule has 6 nitrogen and oxygen atoms in total. The summed E-state index contributed by atoms with van der Waals surface area (Å²) in [6, 6.07) is -1.12. The van der Waals surface area contributed by atoms with E-state index in [4.69, 9.17) is 0 Å². The number of likely N-dealkylation sites (N-methyl/N-ethyl adjacent to an activating group) is 1. The Kier molecular flexibility index (Phi) is 9.01. The maximum Gasteiger partial charge on any atom is 0.326 e. The number of amides is 2. The highest BCUT2D eigenvalue weighted by atomic mass is 16.4. The van der Waals surface area contributed by atoms with Gasteiger partial charge in [0.25, 0.3) is 0 Å². The first-order valence-corrected chi connectivity index (χ1v) is 7.56. The molecule has 124 valence electrons. The first kappa shape index (κ1) is 19.7. The van der Waals surface area contributed by atoms with Gasteiger partial charge in [0, 0.05) is 19.6 Å². The Hall–Kier alpha value is -1.30. The number of carboxylic acid groups (broad SMARTS) is 1. The quantitative estimate of drug-likeness (QED) is 0.680. The molecule has 0 fully saturated rings. The van der Waals surface area contributed by atoms with Crippen molar-refractivity contribution in [1.29, 1.82) is 0 Å². The summed E-state index contributed by atoms with van der Waals surface area (Å²) in [5.74, 6) is -0.424. The third-order valence-corrected chi connectivity index (χ3v) is 2.99. The van der Waals surface area contributed by atoms with Gasteiger partial charge in [-0.15, -0.1) is 0 Å². The number of nitrogens with one attached hydrogen (secondary N) is 1. The second-order valence-electron chi connectivity index (χ2n) is 6.61.